The van der Waals surface area contributed by atoms with Crippen LogP contribution >= 0.6 is 0 Å². The first-order valence-corrected chi connectivity index (χ1v) is 6.19. The van der Waals surface area contributed by atoms with Gasteiger partial charge in [-0.1, -0.05) is 18.2 Å². The van der Waals surface area contributed by atoms with Crippen LogP contribution in [0.5, 0.6) is 0 Å². The third-order valence-electron chi connectivity index (χ3n) is 3.06. The summed E-state index contributed by atoms with van der Waals surface area (Å²) < 4.78 is 0. The highest BCUT2D eigenvalue weighted by atomic mass is 16.1. The Morgan fingerprint density at radius 3 is 3.00 bits per heavy atom. The van der Waals surface area contributed by atoms with E-state index in [-0.39, 0.29) is 5.91 Å². The van der Waals surface area contributed by atoms with Crippen molar-refractivity contribution in [2.45, 2.75) is 13.3 Å². The lowest BCUT2D eigenvalue weighted by Gasteiger charge is -2.04. The van der Waals surface area contributed by atoms with Crippen LogP contribution in [0.25, 0.3) is 10.9 Å². The molecule has 1 amide bonds. The molecule has 1 aromatic heterocycles. The van der Waals surface area contributed by atoms with Crippen molar-refractivity contribution in [3.63, 3.8) is 0 Å². The quantitative estimate of drug-likeness (QED) is 0.745. The number of aryl methyl sites for hydroxylation is 1. The monoisotopic (exact) mass is 245 g/mol. The van der Waals surface area contributed by atoms with Crippen molar-refractivity contribution < 1.29 is 4.79 Å². The van der Waals surface area contributed by atoms with E-state index in [1.165, 1.54) is 22.0 Å². The Kier molecular flexibility index (Phi) is 3.99. The van der Waals surface area contributed by atoms with Gasteiger partial charge < -0.3 is 15.6 Å². The minimum Gasteiger partial charge on any atom is -0.361 e. The van der Waals surface area contributed by atoms with Gasteiger partial charge in [0.1, 0.15) is 0 Å². The summed E-state index contributed by atoms with van der Waals surface area (Å²) in [6.07, 6.45) is 2.88. The Bertz CT molecular complexity index is 545. The summed E-state index contributed by atoms with van der Waals surface area (Å²) in [4.78, 5) is 14.6. The van der Waals surface area contributed by atoms with Gasteiger partial charge in [-0.2, -0.15) is 0 Å². The van der Waals surface area contributed by atoms with E-state index in [1.54, 1.807) is 7.05 Å². The van der Waals surface area contributed by atoms with Gasteiger partial charge in [-0.05, 0) is 31.5 Å². The molecule has 0 saturated heterocycles. The van der Waals surface area contributed by atoms with Gasteiger partial charge in [0.05, 0.1) is 6.54 Å². The molecule has 0 saturated carbocycles. The minimum absolute atomic E-state index is 0.0357. The van der Waals surface area contributed by atoms with Gasteiger partial charge in [0.15, 0.2) is 0 Å². The van der Waals surface area contributed by atoms with Crippen LogP contribution in [0.1, 0.15) is 11.1 Å². The molecule has 0 spiro atoms. The molecule has 4 nitrogen and oxygen atoms in total. The topological polar surface area (TPSA) is 56.9 Å². The molecule has 1 heterocycles. The van der Waals surface area contributed by atoms with Crippen molar-refractivity contribution in [1.82, 2.24) is 15.6 Å². The normalized spacial score (nSPS) is 10.8. The number of fused-ring (bicyclic) bond motifs is 1. The second-order valence-electron chi connectivity index (χ2n) is 4.44. The Morgan fingerprint density at radius 2 is 2.22 bits per heavy atom. The zero-order chi connectivity index (χ0) is 13.0. The Labute approximate surface area is 107 Å². The van der Waals surface area contributed by atoms with Gasteiger partial charge >= 0.3 is 0 Å². The highest BCUT2D eigenvalue weighted by molar-refractivity contribution is 5.86. The predicted molar refractivity (Wildman–Crippen MR) is 73.7 cm³/mol. The maximum absolute atomic E-state index is 11.3. The fraction of sp³-hybridized carbons (Fsp3) is 0.357. The van der Waals surface area contributed by atoms with Gasteiger partial charge in [-0.15, -0.1) is 0 Å². The number of rotatable bonds is 5. The average Bonchev–Trinajstić information content (AvgIpc) is 2.75. The second-order valence-corrected chi connectivity index (χ2v) is 4.44. The molecule has 0 aliphatic rings. The van der Waals surface area contributed by atoms with Crippen molar-refractivity contribution in [2.75, 3.05) is 20.1 Å². The Morgan fingerprint density at radius 1 is 1.39 bits per heavy atom. The molecule has 0 bridgehead atoms. The number of carbonyl (C=O) groups excluding carboxylic acids is 1. The van der Waals surface area contributed by atoms with E-state index in [2.05, 4.69) is 40.7 Å². The van der Waals surface area contributed by atoms with Crippen molar-refractivity contribution >= 4 is 16.8 Å². The first kappa shape index (κ1) is 12.6. The standard InChI is InChI=1S/C14H19N3O/c1-10-4-3-5-12-11(8-17-14(10)12)6-7-16-13(18)9-15-2/h3-5,8,15,17H,6-7,9H2,1-2H3,(H,16,18). The van der Waals surface area contributed by atoms with E-state index in [4.69, 9.17) is 0 Å². The summed E-state index contributed by atoms with van der Waals surface area (Å²) in [5.74, 6) is 0.0357. The smallest absolute Gasteiger partial charge is 0.233 e. The van der Waals surface area contributed by atoms with Crippen LogP contribution in [-0.2, 0) is 11.2 Å². The lowest BCUT2D eigenvalue weighted by atomic mass is 10.1. The molecule has 0 fully saturated rings. The van der Waals surface area contributed by atoms with Gasteiger partial charge in [-0.3, -0.25) is 4.79 Å². The molecule has 96 valence electrons. The summed E-state index contributed by atoms with van der Waals surface area (Å²) in [5.41, 5.74) is 3.69. The number of nitrogens with one attached hydrogen (secondary N) is 3. The molecule has 0 unspecified atom stereocenters. The number of carbonyl (C=O) groups is 1. The lowest BCUT2D eigenvalue weighted by Crippen LogP contribution is -2.33. The van der Waals surface area contributed by atoms with Gasteiger partial charge in [0.2, 0.25) is 5.91 Å². The molecule has 1 aromatic carbocycles. The number of H-pyrrole nitrogens is 1. The van der Waals surface area contributed by atoms with Crippen LogP contribution in [-0.4, -0.2) is 31.0 Å². The third kappa shape index (κ3) is 2.71. The van der Waals surface area contributed by atoms with Crippen molar-refractivity contribution in [3.8, 4) is 0 Å². The van der Waals surface area contributed by atoms with Crippen LogP contribution in [0.2, 0.25) is 0 Å². The highest BCUT2D eigenvalue weighted by Gasteiger charge is 2.05. The summed E-state index contributed by atoms with van der Waals surface area (Å²) in [5, 5.41) is 6.96. The molecular weight excluding hydrogens is 226 g/mol. The first-order valence-electron chi connectivity index (χ1n) is 6.19. The van der Waals surface area contributed by atoms with Crippen LogP contribution in [0.15, 0.2) is 24.4 Å². The first-order chi connectivity index (χ1) is 8.72. The molecule has 2 rings (SSSR count). The third-order valence-corrected chi connectivity index (χ3v) is 3.06. The van der Waals surface area contributed by atoms with E-state index in [1.807, 2.05) is 6.20 Å². The van der Waals surface area contributed by atoms with E-state index in [0.717, 1.165) is 6.42 Å². The van der Waals surface area contributed by atoms with Gasteiger partial charge in [0.25, 0.3) is 0 Å². The maximum atomic E-state index is 11.3. The molecule has 0 aliphatic carbocycles. The second kappa shape index (κ2) is 5.69. The maximum Gasteiger partial charge on any atom is 0.233 e. The summed E-state index contributed by atoms with van der Waals surface area (Å²) in [6, 6.07) is 6.27. The van der Waals surface area contributed by atoms with Crippen molar-refractivity contribution in [2.24, 2.45) is 0 Å². The predicted octanol–water partition coefficient (Wildman–Crippen LogP) is 1.35. The molecule has 3 N–H and O–H groups in total. The van der Waals surface area contributed by atoms with E-state index < -0.39 is 0 Å². The number of para-hydroxylation sites is 1. The summed E-state index contributed by atoms with van der Waals surface area (Å²) >= 11 is 0. The number of hydrogen-bond donors (Lipinski definition) is 3. The minimum atomic E-state index is 0.0357. The number of hydrogen-bond acceptors (Lipinski definition) is 2. The van der Waals surface area contributed by atoms with Crippen LogP contribution in [0.4, 0.5) is 0 Å². The summed E-state index contributed by atoms with van der Waals surface area (Å²) in [7, 11) is 1.77. The number of aromatic amines is 1. The van der Waals surface area contributed by atoms with E-state index in [0.29, 0.717) is 13.1 Å². The fourth-order valence-electron chi connectivity index (χ4n) is 2.13. The lowest BCUT2D eigenvalue weighted by molar-refractivity contribution is -0.120. The molecule has 18 heavy (non-hydrogen) atoms. The van der Waals surface area contributed by atoms with Crippen molar-refractivity contribution in [3.05, 3.63) is 35.5 Å². The van der Waals surface area contributed by atoms with E-state index in [9.17, 15) is 4.79 Å². The molecule has 2 aromatic rings. The zero-order valence-corrected chi connectivity index (χ0v) is 10.8. The zero-order valence-electron chi connectivity index (χ0n) is 10.8. The number of benzene rings is 1. The Balaban J connectivity index is 2.00. The van der Waals surface area contributed by atoms with Crippen LogP contribution < -0.4 is 10.6 Å². The number of amides is 1. The van der Waals surface area contributed by atoms with Crippen LogP contribution in [0.3, 0.4) is 0 Å². The van der Waals surface area contributed by atoms with Gasteiger partial charge in [-0.25, -0.2) is 0 Å². The highest BCUT2D eigenvalue weighted by Crippen LogP contribution is 2.21. The average molecular weight is 245 g/mol. The molecule has 4 heteroatoms. The van der Waals surface area contributed by atoms with Gasteiger partial charge in [0, 0.05) is 23.6 Å². The number of likely N-dealkylation sites (N-methyl/N-ethyl adjacent to an activating group) is 1. The van der Waals surface area contributed by atoms with Crippen molar-refractivity contribution in [1.29, 1.82) is 0 Å². The molecule has 0 atom stereocenters. The fourth-order valence-corrected chi connectivity index (χ4v) is 2.13. The summed E-state index contributed by atoms with van der Waals surface area (Å²) in [6.45, 7) is 3.13. The molecule has 0 aliphatic heterocycles. The SMILES string of the molecule is CNCC(=O)NCCc1c[nH]c2c(C)cccc12. The molecule has 0 radical (unpaired) electrons. The Hall–Kier alpha value is -1.81. The molecular formula is C14H19N3O. The van der Waals surface area contributed by atoms with Crippen LogP contribution in [0, 0.1) is 6.92 Å². The van der Waals surface area contributed by atoms with E-state index >= 15 is 0 Å². The number of aromatic nitrogens is 1. The largest absolute Gasteiger partial charge is 0.361 e.